The summed E-state index contributed by atoms with van der Waals surface area (Å²) in [7, 11) is 1.54. The highest BCUT2D eigenvalue weighted by atomic mass is 79.9. The van der Waals surface area contributed by atoms with Crippen LogP contribution >= 0.6 is 51.5 Å². The fraction of sp³-hybridized carbons (Fsp3) is 0.0833. The number of nitrogens with zero attached hydrogens (tertiary/aromatic N) is 1. The topological polar surface area (TPSA) is 38.8 Å². The van der Waals surface area contributed by atoms with Gasteiger partial charge in [-0.3, -0.25) is 9.69 Å². The van der Waals surface area contributed by atoms with Gasteiger partial charge >= 0.3 is 0 Å². The van der Waals surface area contributed by atoms with Crippen LogP contribution in [0.5, 0.6) is 11.5 Å². The number of thioether (sulfide) groups is 1. The van der Waals surface area contributed by atoms with Crippen molar-refractivity contribution in [1.82, 2.24) is 0 Å². The number of amides is 1. The maximum atomic E-state index is 13.6. The van der Waals surface area contributed by atoms with Gasteiger partial charge in [-0.25, -0.2) is 4.39 Å². The SMILES string of the molecule is COc1cc(/C=C2\SC(=S)N(c3cccc(F)c3)C2=O)cc(Br)c1OCc1ccccc1Cl. The number of anilines is 1. The van der Waals surface area contributed by atoms with Crippen LogP contribution in [0.25, 0.3) is 6.08 Å². The highest BCUT2D eigenvalue weighted by molar-refractivity contribution is 9.10. The Hall–Kier alpha value is -2.39. The Morgan fingerprint density at radius 2 is 1.97 bits per heavy atom. The standard InChI is InChI=1S/C24H16BrClFNO3S2/c1-30-20-10-14(9-18(25)22(20)31-13-15-5-2-3-8-19(15)26)11-21-23(29)28(24(32)33-21)17-7-4-6-16(27)12-17/h2-12H,13H2,1H3/b21-11-. The number of halogens is 3. The first kappa shape index (κ1) is 23.8. The molecule has 0 aromatic heterocycles. The minimum Gasteiger partial charge on any atom is -0.493 e. The molecule has 4 rings (SSSR count). The summed E-state index contributed by atoms with van der Waals surface area (Å²) < 4.78 is 26.1. The van der Waals surface area contributed by atoms with E-state index in [0.717, 1.165) is 17.3 Å². The molecule has 0 spiro atoms. The maximum absolute atomic E-state index is 13.6. The smallest absolute Gasteiger partial charge is 0.270 e. The molecule has 0 unspecified atom stereocenters. The van der Waals surface area contributed by atoms with Crippen LogP contribution in [-0.4, -0.2) is 17.3 Å². The van der Waals surface area contributed by atoms with Crippen molar-refractivity contribution in [2.24, 2.45) is 0 Å². The Labute approximate surface area is 213 Å². The quantitative estimate of drug-likeness (QED) is 0.233. The monoisotopic (exact) mass is 563 g/mol. The normalized spacial score (nSPS) is 14.8. The van der Waals surface area contributed by atoms with E-state index in [1.165, 1.54) is 30.2 Å². The van der Waals surface area contributed by atoms with E-state index in [9.17, 15) is 9.18 Å². The van der Waals surface area contributed by atoms with Gasteiger partial charge in [-0.2, -0.15) is 0 Å². The second-order valence-electron chi connectivity index (χ2n) is 6.91. The summed E-state index contributed by atoms with van der Waals surface area (Å²) in [5.74, 6) is 0.251. The van der Waals surface area contributed by atoms with Crippen LogP contribution in [-0.2, 0) is 11.4 Å². The highest BCUT2D eigenvalue weighted by Crippen LogP contribution is 2.40. The van der Waals surface area contributed by atoms with Crippen molar-refractivity contribution in [3.05, 3.63) is 92.0 Å². The van der Waals surface area contributed by atoms with E-state index < -0.39 is 5.82 Å². The summed E-state index contributed by atoms with van der Waals surface area (Å²) in [4.78, 5) is 14.7. The molecule has 1 heterocycles. The van der Waals surface area contributed by atoms with Crippen LogP contribution in [0, 0.1) is 5.82 Å². The van der Waals surface area contributed by atoms with E-state index >= 15 is 0 Å². The van der Waals surface area contributed by atoms with Crippen LogP contribution in [0.1, 0.15) is 11.1 Å². The molecule has 0 bridgehead atoms. The molecular weight excluding hydrogens is 549 g/mol. The summed E-state index contributed by atoms with van der Waals surface area (Å²) in [5, 5.41) is 0.615. The average molecular weight is 565 g/mol. The highest BCUT2D eigenvalue weighted by Gasteiger charge is 2.33. The molecule has 1 saturated heterocycles. The molecule has 3 aromatic rings. The Kier molecular flexibility index (Phi) is 7.38. The lowest BCUT2D eigenvalue weighted by molar-refractivity contribution is -0.113. The zero-order valence-electron chi connectivity index (χ0n) is 17.2. The first-order valence-corrected chi connectivity index (χ1v) is 12.0. The molecule has 0 atom stereocenters. The lowest BCUT2D eigenvalue weighted by atomic mass is 10.1. The van der Waals surface area contributed by atoms with Crippen molar-refractivity contribution in [1.29, 1.82) is 0 Å². The van der Waals surface area contributed by atoms with Gasteiger partial charge in [0.15, 0.2) is 15.8 Å². The van der Waals surface area contributed by atoms with Gasteiger partial charge in [-0.05, 0) is 64.0 Å². The van der Waals surface area contributed by atoms with Gasteiger partial charge in [0.05, 0.1) is 22.2 Å². The van der Waals surface area contributed by atoms with Gasteiger partial charge in [0.25, 0.3) is 5.91 Å². The molecule has 3 aromatic carbocycles. The fourth-order valence-electron chi connectivity index (χ4n) is 3.19. The van der Waals surface area contributed by atoms with E-state index in [0.29, 0.717) is 41.5 Å². The van der Waals surface area contributed by atoms with Gasteiger partial charge in [-0.1, -0.05) is 59.8 Å². The van der Waals surface area contributed by atoms with E-state index in [2.05, 4.69) is 15.9 Å². The molecular formula is C24H16BrClFNO3S2. The number of rotatable bonds is 6. The van der Waals surface area contributed by atoms with Crippen molar-refractivity contribution in [3.8, 4) is 11.5 Å². The predicted octanol–water partition coefficient (Wildman–Crippen LogP) is 7.24. The molecule has 9 heteroatoms. The largest absolute Gasteiger partial charge is 0.493 e. The van der Waals surface area contributed by atoms with Gasteiger partial charge < -0.3 is 9.47 Å². The number of thiocarbonyl (C=S) groups is 1. The lowest BCUT2D eigenvalue weighted by Crippen LogP contribution is -2.27. The number of hydrogen-bond acceptors (Lipinski definition) is 5. The van der Waals surface area contributed by atoms with E-state index in [-0.39, 0.29) is 12.5 Å². The van der Waals surface area contributed by atoms with Crippen LogP contribution < -0.4 is 14.4 Å². The third-order valence-electron chi connectivity index (χ3n) is 4.74. The molecule has 0 aliphatic carbocycles. The third-order valence-corrected chi connectivity index (χ3v) is 7.00. The summed E-state index contributed by atoms with van der Waals surface area (Å²) in [5.41, 5.74) is 1.95. The van der Waals surface area contributed by atoms with Crippen molar-refractivity contribution < 1.29 is 18.7 Å². The number of hydrogen-bond donors (Lipinski definition) is 0. The Bertz CT molecular complexity index is 1280. The summed E-state index contributed by atoms with van der Waals surface area (Å²) >= 11 is 16.3. The third kappa shape index (κ3) is 5.24. The van der Waals surface area contributed by atoms with Crippen LogP contribution in [0.4, 0.5) is 10.1 Å². The maximum Gasteiger partial charge on any atom is 0.270 e. The molecule has 0 radical (unpaired) electrons. The zero-order chi connectivity index (χ0) is 23.5. The molecule has 4 nitrogen and oxygen atoms in total. The van der Waals surface area contributed by atoms with Crippen molar-refractivity contribution in [2.45, 2.75) is 6.61 Å². The number of ether oxygens (including phenoxy) is 2. The molecule has 1 aliphatic rings. The second-order valence-corrected chi connectivity index (χ2v) is 9.85. The predicted molar refractivity (Wildman–Crippen MR) is 139 cm³/mol. The lowest BCUT2D eigenvalue weighted by Gasteiger charge is -2.15. The second kappa shape index (κ2) is 10.3. The molecule has 1 fully saturated rings. The van der Waals surface area contributed by atoms with E-state index in [1.54, 1.807) is 24.3 Å². The van der Waals surface area contributed by atoms with Crippen LogP contribution in [0.15, 0.2) is 70.0 Å². The van der Waals surface area contributed by atoms with Crippen LogP contribution in [0.3, 0.4) is 0 Å². The number of carbonyl (C=O) groups excluding carboxylic acids is 1. The Balaban J connectivity index is 1.59. The van der Waals surface area contributed by atoms with E-state index in [1.807, 2.05) is 24.3 Å². The molecule has 168 valence electrons. The minimum atomic E-state index is -0.438. The molecule has 0 N–H and O–H groups in total. The van der Waals surface area contributed by atoms with Crippen LogP contribution in [0.2, 0.25) is 5.02 Å². The Morgan fingerprint density at radius 1 is 1.18 bits per heavy atom. The summed E-state index contributed by atoms with van der Waals surface area (Å²) in [6, 6.07) is 16.8. The molecule has 33 heavy (non-hydrogen) atoms. The number of methoxy groups -OCH3 is 1. The van der Waals surface area contributed by atoms with Crippen molar-refractivity contribution >= 4 is 73.5 Å². The molecule has 1 aliphatic heterocycles. The Morgan fingerprint density at radius 3 is 2.70 bits per heavy atom. The first-order chi connectivity index (χ1) is 15.9. The summed E-state index contributed by atoms with van der Waals surface area (Å²) in [6.07, 6.45) is 1.71. The van der Waals surface area contributed by atoms with Crippen molar-refractivity contribution in [2.75, 3.05) is 12.0 Å². The van der Waals surface area contributed by atoms with Gasteiger partial charge in [0.2, 0.25) is 0 Å². The van der Waals surface area contributed by atoms with Gasteiger partial charge in [0.1, 0.15) is 12.4 Å². The van der Waals surface area contributed by atoms with Gasteiger partial charge in [-0.15, -0.1) is 0 Å². The number of benzene rings is 3. The van der Waals surface area contributed by atoms with Gasteiger partial charge in [0, 0.05) is 10.6 Å². The average Bonchev–Trinajstić information content (AvgIpc) is 3.06. The minimum absolute atomic E-state index is 0.264. The number of carbonyl (C=O) groups is 1. The fourth-order valence-corrected chi connectivity index (χ4v) is 5.25. The van der Waals surface area contributed by atoms with Crippen molar-refractivity contribution in [3.63, 3.8) is 0 Å². The molecule has 1 amide bonds. The first-order valence-electron chi connectivity index (χ1n) is 9.64. The molecule has 0 saturated carbocycles. The zero-order valence-corrected chi connectivity index (χ0v) is 21.2. The summed E-state index contributed by atoms with van der Waals surface area (Å²) in [6.45, 7) is 0.264. The van der Waals surface area contributed by atoms with E-state index in [4.69, 9.17) is 33.3 Å².